The highest BCUT2D eigenvalue weighted by atomic mass is 32.1. The van der Waals surface area contributed by atoms with Gasteiger partial charge in [0.05, 0.1) is 5.69 Å². The van der Waals surface area contributed by atoms with Crippen molar-refractivity contribution in [2.45, 2.75) is 19.4 Å². The Hall–Kier alpha value is -0.480. The van der Waals surface area contributed by atoms with Gasteiger partial charge in [-0.05, 0) is 18.0 Å². The minimum Gasteiger partial charge on any atom is -0.323 e. The van der Waals surface area contributed by atoms with Gasteiger partial charge >= 0.3 is 0 Å². The predicted octanol–water partition coefficient (Wildman–Crippen LogP) is 0.948. The largest absolute Gasteiger partial charge is 0.323 e. The SMILES string of the molecule is CCC(N)c1csnn1. The molecule has 50 valence electrons. The lowest BCUT2D eigenvalue weighted by molar-refractivity contribution is 0.672. The summed E-state index contributed by atoms with van der Waals surface area (Å²) in [5, 5.41) is 5.71. The predicted molar refractivity (Wildman–Crippen MR) is 37.1 cm³/mol. The summed E-state index contributed by atoms with van der Waals surface area (Å²) in [6.07, 6.45) is 0.922. The lowest BCUT2D eigenvalue weighted by atomic mass is 10.2. The Labute approximate surface area is 58.1 Å². The van der Waals surface area contributed by atoms with Crippen LogP contribution < -0.4 is 5.73 Å². The Morgan fingerprint density at radius 3 is 3.11 bits per heavy atom. The zero-order valence-corrected chi connectivity index (χ0v) is 6.06. The fourth-order valence-electron chi connectivity index (χ4n) is 0.543. The third-order valence-electron chi connectivity index (χ3n) is 1.20. The molecule has 1 heterocycles. The van der Waals surface area contributed by atoms with Crippen LogP contribution >= 0.6 is 11.5 Å². The molecule has 4 heteroatoms. The van der Waals surface area contributed by atoms with Gasteiger partial charge in [0, 0.05) is 11.4 Å². The van der Waals surface area contributed by atoms with Crippen LogP contribution in [0, 0.1) is 0 Å². The maximum atomic E-state index is 5.64. The van der Waals surface area contributed by atoms with E-state index in [-0.39, 0.29) is 6.04 Å². The highest BCUT2D eigenvalue weighted by Gasteiger charge is 2.03. The molecule has 0 aliphatic rings. The van der Waals surface area contributed by atoms with Crippen molar-refractivity contribution in [2.75, 3.05) is 0 Å². The van der Waals surface area contributed by atoms with Crippen molar-refractivity contribution in [1.29, 1.82) is 0 Å². The van der Waals surface area contributed by atoms with Crippen LogP contribution in [0.15, 0.2) is 5.38 Å². The van der Waals surface area contributed by atoms with Gasteiger partial charge in [-0.2, -0.15) is 0 Å². The Morgan fingerprint density at radius 2 is 2.67 bits per heavy atom. The van der Waals surface area contributed by atoms with Crippen LogP contribution in [-0.4, -0.2) is 9.59 Å². The van der Waals surface area contributed by atoms with Crippen molar-refractivity contribution in [1.82, 2.24) is 9.59 Å². The summed E-state index contributed by atoms with van der Waals surface area (Å²) in [5.74, 6) is 0. The first-order valence-corrected chi connectivity index (χ1v) is 3.70. The maximum absolute atomic E-state index is 5.64. The van der Waals surface area contributed by atoms with Crippen molar-refractivity contribution in [3.8, 4) is 0 Å². The molecule has 9 heavy (non-hydrogen) atoms. The summed E-state index contributed by atoms with van der Waals surface area (Å²) < 4.78 is 3.70. The van der Waals surface area contributed by atoms with E-state index in [0.717, 1.165) is 12.1 Å². The smallest absolute Gasteiger partial charge is 0.0922 e. The molecule has 0 aromatic carbocycles. The van der Waals surface area contributed by atoms with E-state index < -0.39 is 0 Å². The van der Waals surface area contributed by atoms with E-state index >= 15 is 0 Å². The minimum atomic E-state index is 0.0729. The molecule has 3 nitrogen and oxygen atoms in total. The molecule has 1 atom stereocenters. The number of hydrogen-bond donors (Lipinski definition) is 1. The van der Waals surface area contributed by atoms with Crippen LogP contribution in [-0.2, 0) is 0 Å². The second kappa shape index (κ2) is 2.89. The third kappa shape index (κ3) is 1.46. The van der Waals surface area contributed by atoms with Gasteiger partial charge in [-0.3, -0.25) is 0 Å². The Bertz CT molecular complexity index is 161. The normalized spacial score (nSPS) is 13.6. The van der Waals surface area contributed by atoms with E-state index in [1.165, 1.54) is 11.5 Å². The highest BCUT2D eigenvalue weighted by molar-refractivity contribution is 7.03. The molecule has 0 aliphatic carbocycles. The first-order chi connectivity index (χ1) is 4.34. The molecule has 0 aliphatic heterocycles. The standard InChI is InChI=1S/C5H9N3S/c1-2-4(6)5-3-9-8-7-5/h3-4H,2,6H2,1H3. The monoisotopic (exact) mass is 143 g/mol. The summed E-state index contributed by atoms with van der Waals surface area (Å²) >= 11 is 1.34. The Kier molecular flexibility index (Phi) is 2.13. The van der Waals surface area contributed by atoms with Crippen molar-refractivity contribution in [3.05, 3.63) is 11.1 Å². The van der Waals surface area contributed by atoms with E-state index in [1.54, 1.807) is 0 Å². The van der Waals surface area contributed by atoms with E-state index in [9.17, 15) is 0 Å². The zero-order valence-electron chi connectivity index (χ0n) is 5.24. The molecule has 0 saturated heterocycles. The zero-order chi connectivity index (χ0) is 6.69. The molecule has 0 bridgehead atoms. The number of nitrogens with zero attached hydrogens (tertiary/aromatic N) is 2. The van der Waals surface area contributed by atoms with Gasteiger partial charge in [-0.25, -0.2) is 0 Å². The summed E-state index contributed by atoms with van der Waals surface area (Å²) in [6, 6.07) is 0.0729. The number of rotatable bonds is 2. The number of hydrogen-bond acceptors (Lipinski definition) is 4. The van der Waals surface area contributed by atoms with Crippen molar-refractivity contribution in [2.24, 2.45) is 5.73 Å². The molecule has 1 unspecified atom stereocenters. The van der Waals surface area contributed by atoms with Gasteiger partial charge in [-0.15, -0.1) is 5.10 Å². The molecule has 1 rings (SSSR count). The summed E-state index contributed by atoms with van der Waals surface area (Å²) in [7, 11) is 0. The molecule has 0 radical (unpaired) electrons. The second-order valence-electron chi connectivity index (χ2n) is 1.84. The van der Waals surface area contributed by atoms with Gasteiger partial charge in [0.25, 0.3) is 0 Å². The summed E-state index contributed by atoms with van der Waals surface area (Å²) in [4.78, 5) is 0. The molecule has 1 aromatic rings. The highest BCUT2D eigenvalue weighted by Crippen LogP contribution is 2.10. The minimum absolute atomic E-state index is 0.0729. The third-order valence-corrected chi connectivity index (χ3v) is 1.72. The van der Waals surface area contributed by atoms with Crippen LogP contribution in [0.1, 0.15) is 25.1 Å². The van der Waals surface area contributed by atoms with Gasteiger partial charge in [0.2, 0.25) is 0 Å². The van der Waals surface area contributed by atoms with Crippen LogP contribution in [0.2, 0.25) is 0 Å². The Morgan fingerprint density at radius 1 is 1.89 bits per heavy atom. The molecule has 0 saturated carbocycles. The van der Waals surface area contributed by atoms with Gasteiger partial charge < -0.3 is 5.73 Å². The topological polar surface area (TPSA) is 51.8 Å². The fourth-order valence-corrected chi connectivity index (χ4v) is 1.06. The van der Waals surface area contributed by atoms with Crippen molar-refractivity contribution < 1.29 is 0 Å². The summed E-state index contributed by atoms with van der Waals surface area (Å²) in [6.45, 7) is 2.03. The van der Waals surface area contributed by atoms with Crippen LogP contribution in [0.4, 0.5) is 0 Å². The molecule has 2 N–H and O–H groups in total. The van der Waals surface area contributed by atoms with Crippen LogP contribution in [0.3, 0.4) is 0 Å². The first-order valence-electron chi connectivity index (χ1n) is 2.87. The van der Waals surface area contributed by atoms with Crippen molar-refractivity contribution >= 4 is 11.5 Å². The number of nitrogens with two attached hydrogens (primary N) is 1. The molecular formula is C5H9N3S. The quantitative estimate of drug-likeness (QED) is 0.670. The molecular weight excluding hydrogens is 134 g/mol. The van der Waals surface area contributed by atoms with Crippen LogP contribution in [0.5, 0.6) is 0 Å². The van der Waals surface area contributed by atoms with E-state index in [1.807, 2.05) is 12.3 Å². The van der Waals surface area contributed by atoms with Gasteiger partial charge in [0.1, 0.15) is 0 Å². The fraction of sp³-hybridized carbons (Fsp3) is 0.600. The van der Waals surface area contributed by atoms with Gasteiger partial charge in [-0.1, -0.05) is 11.4 Å². The van der Waals surface area contributed by atoms with E-state index in [4.69, 9.17) is 5.73 Å². The molecule has 0 spiro atoms. The first kappa shape index (κ1) is 6.64. The molecule has 0 amide bonds. The maximum Gasteiger partial charge on any atom is 0.0922 e. The molecule has 0 fully saturated rings. The molecule has 1 aromatic heterocycles. The number of aromatic nitrogens is 2. The summed E-state index contributed by atoms with van der Waals surface area (Å²) in [5.41, 5.74) is 6.55. The second-order valence-corrected chi connectivity index (χ2v) is 2.45. The van der Waals surface area contributed by atoms with Crippen molar-refractivity contribution in [3.63, 3.8) is 0 Å². The van der Waals surface area contributed by atoms with Crippen LogP contribution in [0.25, 0.3) is 0 Å². The average molecular weight is 143 g/mol. The average Bonchev–Trinajstić information content (AvgIpc) is 2.37. The lowest BCUT2D eigenvalue weighted by Gasteiger charge is -2.00. The van der Waals surface area contributed by atoms with Gasteiger partial charge in [0.15, 0.2) is 0 Å². The Balaban J connectivity index is 2.65. The van der Waals surface area contributed by atoms with E-state index in [0.29, 0.717) is 0 Å². The lowest BCUT2D eigenvalue weighted by Crippen LogP contribution is -2.08. The van der Waals surface area contributed by atoms with E-state index in [2.05, 4.69) is 9.59 Å².